The van der Waals surface area contributed by atoms with Crippen LogP contribution in [0.15, 0.2) is 24.3 Å². The zero-order valence-corrected chi connectivity index (χ0v) is 10.9. The van der Waals surface area contributed by atoms with Gasteiger partial charge in [0.1, 0.15) is 12.4 Å². The third kappa shape index (κ3) is 5.20. The molecule has 0 spiro atoms. The van der Waals surface area contributed by atoms with Crippen molar-refractivity contribution < 1.29 is 9.84 Å². The number of nitrogens with zero attached hydrogens (tertiary/aromatic N) is 1. The van der Waals surface area contributed by atoms with Crippen LogP contribution >= 0.6 is 0 Å². The monoisotopic (exact) mass is 237 g/mol. The molecule has 1 N–H and O–H groups in total. The lowest BCUT2D eigenvalue weighted by molar-refractivity contribution is 0.223. The molecular weight excluding hydrogens is 214 g/mol. The Balaban J connectivity index is 2.31. The normalized spacial score (nSPS) is 10.8. The first-order valence-electron chi connectivity index (χ1n) is 6.35. The quantitative estimate of drug-likeness (QED) is 0.750. The van der Waals surface area contributed by atoms with Gasteiger partial charge in [-0.1, -0.05) is 26.0 Å². The van der Waals surface area contributed by atoms with E-state index in [-0.39, 0.29) is 6.61 Å². The second-order valence-corrected chi connectivity index (χ2v) is 3.99. The minimum absolute atomic E-state index is 0.197. The SMILES string of the molecule is CCN(CC)CCOc1ccc(CCO)cc1. The molecule has 3 nitrogen and oxygen atoms in total. The van der Waals surface area contributed by atoms with Gasteiger partial charge in [0.15, 0.2) is 0 Å². The maximum absolute atomic E-state index is 8.81. The molecule has 1 aromatic rings. The summed E-state index contributed by atoms with van der Waals surface area (Å²) in [5.41, 5.74) is 1.14. The van der Waals surface area contributed by atoms with E-state index in [4.69, 9.17) is 9.84 Å². The van der Waals surface area contributed by atoms with Gasteiger partial charge >= 0.3 is 0 Å². The van der Waals surface area contributed by atoms with E-state index in [9.17, 15) is 0 Å². The van der Waals surface area contributed by atoms with Crippen LogP contribution < -0.4 is 4.74 Å². The van der Waals surface area contributed by atoms with Gasteiger partial charge in [-0.15, -0.1) is 0 Å². The summed E-state index contributed by atoms with van der Waals surface area (Å²) in [6, 6.07) is 7.94. The topological polar surface area (TPSA) is 32.7 Å². The fourth-order valence-electron chi connectivity index (χ4n) is 1.71. The number of likely N-dealkylation sites (N-methyl/N-ethyl adjacent to an activating group) is 1. The molecule has 1 aromatic carbocycles. The largest absolute Gasteiger partial charge is 0.492 e. The van der Waals surface area contributed by atoms with Crippen LogP contribution in [0.5, 0.6) is 5.75 Å². The number of hydrogen-bond acceptors (Lipinski definition) is 3. The molecule has 0 aliphatic rings. The van der Waals surface area contributed by atoms with Crippen molar-refractivity contribution in [1.29, 1.82) is 0 Å². The van der Waals surface area contributed by atoms with E-state index < -0.39 is 0 Å². The average molecular weight is 237 g/mol. The van der Waals surface area contributed by atoms with E-state index in [1.165, 1.54) is 0 Å². The summed E-state index contributed by atoms with van der Waals surface area (Å²) < 4.78 is 5.67. The van der Waals surface area contributed by atoms with Crippen molar-refractivity contribution >= 4 is 0 Å². The average Bonchev–Trinajstić information content (AvgIpc) is 2.37. The Kier molecular flexibility index (Phi) is 6.67. The lowest BCUT2D eigenvalue weighted by Crippen LogP contribution is -2.27. The second kappa shape index (κ2) is 8.09. The number of aliphatic hydroxyl groups excluding tert-OH is 1. The summed E-state index contributed by atoms with van der Waals surface area (Å²) in [5, 5.41) is 8.81. The molecule has 0 aromatic heterocycles. The molecule has 0 aliphatic heterocycles. The molecule has 0 atom stereocenters. The first-order valence-corrected chi connectivity index (χ1v) is 6.35. The number of ether oxygens (including phenoxy) is 1. The highest BCUT2D eigenvalue weighted by molar-refractivity contribution is 5.27. The molecule has 0 amide bonds. The Labute approximate surface area is 104 Å². The Morgan fingerprint density at radius 3 is 2.29 bits per heavy atom. The summed E-state index contributed by atoms with van der Waals surface area (Å²) in [4.78, 5) is 2.33. The Bertz CT molecular complexity index is 294. The molecule has 0 saturated heterocycles. The third-order valence-electron chi connectivity index (χ3n) is 2.89. The molecule has 96 valence electrons. The van der Waals surface area contributed by atoms with Gasteiger partial charge in [-0.25, -0.2) is 0 Å². The number of rotatable bonds is 8. The molecule has 0 saturated carbocycles. The third-order valence-corrected chi connectivity index (χ3v) is 2.89. The summed E-state index contributed by atoms with van der Waals surface area (Å²) in [6.45, 7) is 8.33. The highest BCUT2D eigenvalue weighted by Crippen LogP contribution is 2.12. The molecule has 0 heterocycles. The lowest BCUT2D eigenvalue weighted by Gasteiger charge is -2.18. The molecule has 0 unspecified atom stereocenters. The molecule has 0 bridgehead atoms. The predicted molar refractivity (Wildman–Crippen MR) is 70.5 cm³/mol. The first-order chi connectivity index (χ1) is 8.30. The zero-order valence-electron chi connectivity index (χ0n) is 10.9. The van der Waals surface area contributed by atoms with E-state index in [1.54, 1.807) is 0 Å². The fraction of sp³-hybridized carbons (Fsp3) is 0.571. The lowest BCUT2D eigenvalue weighted by atomic mass is 10.1. The van der Waals surface area contributed by atoms with Gasteiger partial charge in [0.25, 0.3) is 0 Å². The smallest absolute Gasteiger partial charge is 0.119 e. The van der Waals surface area contributed by atoms with Crippen LogP contribution in [0.3, 0.4) is 0 Å². The van der Waals surface area contributed by atoms with Gasteiger partial charge in [0.05, 0.1) is 0 Å². The Morgan fingerprint density at radius 2 is 1.76 bits per heavy atom. The van der Waals surface area contributed by atoms with Gasteiger partial charge in [-0.05, 0) is 37.2 Å². The van der Waals surface area contributed by atoms with Gasteiger partial charge in [0, 0.05) is 13.2 Å². The van der Waals surface area contributed by atoms with Gasteiger partial charge < -0.3 is 14.7 Å². The summed E-state index contributed by atoms with van der Waals surface area (Å²) >= 11 is 0. The molecule has 1 rings (SSSR count). The minimum Gasteiger partial charge on any atom is -0.492 e. The van der Waals surface area contributed by atoms with Crippen molar-refractivity contribution in [2.45, 2.75) is 20.3 Å². The molecule has 17 heavy (non-hydrogen) atoms. The Hall–Kier alpha value is -1.06. The molecule has 3 heteroatoms. The van der Waals surface area contributed by atoms with E-state index in [0.717, 1.165) is 37.6 Å². The van der Waals surface area contributed by atoms with Crippen LogP contribution in [0.2, 0.25) is 0 Å². The number of hydrogen-bond donors (Lipinski definition) is 1. The van der Waals surface area contributed by atoms with Gasteiger partial charge in [-0.3, -0.25) is 0 Å². The molecule has 0 fully saturated rings. The van der Waals surface area contributed by atoms with E-state index in [0.29, 0.717) is 6.42 Å². The minimum atomic E-state index is 0.197. The van der Waals surface area contributed by atoms with E-state index in [1.807, 2.05) is 24.3 Å². The van der Waals surface area contributed by atoms with Crippen LogP contribution in [0.4, 0.5) is 0 Å². The molecule has 0 aliphatic carbocycles. The Morgan fingerprint density at radius 1 is 1.12 bits per heavy atom. The zero-order chi connectivity index (χ0) is 12.5. The second-order valence-electron chi connectivity index (χ2n) is 3.99. The predicted octanol–water partition coefficient (Wildman–Crippen LogP) is 1.94. The van der Waals surface area contributed by atoms with Crippen LogP contribution in [-0.2, 0) is 6.42 Å². The maximum Gasteiger partial charge on any atom is 0.119 e. The highest BCUT2D eigenvalue weighted by atomic mass is 16.5. The summed E-state index contributed by atoms with van der Waals surface area (Å²) in [5.74, 6) is 0.902. The molecular formula is C14H23NO2. The van der Waals surface area contributed by atoms with Crippen molar-refractivity contribution in [3.8, 4) is 5.75 Å². The highest BCUT2D eigenvalue weighted by Gasteiger charge is 1.99. The van der Waals surface area contributed by atoms with Gasteiger partial charge in [0.2, 0.25) is 0 Å². The van der Waals surface area contributed by atoms with Crippen LogP contribution in [0, 0.1) is 0 Å². The van der Waals surface area contributed by atoms with E-state index >= 15 is 0 Å². The summed E-state index contributed by atoms with van der Waals surface area (Å²) in [7, 11) is 0. The van der Waals surface area contributed by atoms with Gasteiger partial charge in [-0.2, -0.15) is 0 Å². The maximum atomic E-state index is 8.81. The fourth-order valence-corrected chi connectivity index (χ4v) is 1.71. The van der Waals surface area contributed by atoms with Crippen molar-refractivity contribution in [2.75, 3.05) is 32.8 Å². The standard InChI is InChI=1S/C14H23NO2/c1-3-15(4-2)10-12-17-14-7-5-13(6-8-14)9-11-16/h5-8,16H,3-4,9-12H2,1-2H3. The van der Waals surface area contributed by atoms with E-state index in [2.05, 4.69) is 18.7 Å². The van der Waals surface area contributed by atoms with Crippen LogP contribution in [0.1, 0.15) is 19.4 Å². The van der Waals surface area contributed by atoms with Crippen molar-refractivity contribution in [2.24, 2.45) is 0 Å². The number of benzene rings is 1. The summed E-state index contributed by atoms with van der Waals surface area (Å²) in [6.07, 6.45) is 0.708. The van der Waals surface area contributed by atoms with Crippen molar-refractivity contribution in [3.05, 3.63) is 29.8 Å². The van der Waals surface area contributed by atoms with Crippen LogP contribution in [0.25, 0.3) is 0 Å². The van der Waals surface area contributed by atoms with Crippen molar-refractivity contribution in [1.82, 2.24) is 4.90 Å². The first kappa shape index (κ1) is 14.0. The van der Waals surface area contributed by atoms with Crippen molar-refractivity contribution in [3.63, 3.8) is 0 Å². The van der Waals surface area contributed by atoms with Crippen LogP contribution in [-0.4, -0.2) is 42.9 Å². The molecule has 0 radical (unpaired) electrons. The number of aliphatic hydroxyl groups is 1.